The average molecular weight is 499 g/mol. The second kappa shape index (κ2) is 12.1. The van der Waals surface area contributed by atoms with Crippen LogP contribution in [0.1, 0.15) is 36.9 Å². The molecule has 1 aliphatic heterocycles. The van der Waals surface area contributed by atoms with E-state index >= 15 is 0 Å². The number of ether oxygens (including phenoxy) is 4. The predicted octanol–water partition coefficient (Wildman–Crippen LogP) is 3.45. The van der Waals surface area contributed by atoms with E-state index in [0.717, 1.165) is 17.5 Å². The summed E-state index contributed by atoms with van der Waals surface area (Å²) >= 11 is 0. The first kappa shape index (κ1) is 26.7. The van der Waals surface area contributed by atoms with Gasteiger partial charge in [0.15, 0.2) is 11.5 Å². The highest BCUT2D eigenvalue weighted by molar-refractivity contribution is 6.05. The third-order valence-corrected chi connectivity index (χ3v) is 5.92. The van der Waals surface area contributed by atoms with Crippen LogP contribution >= 0.6 is 0 Å². The van der Waals surface area contributed by atoms with Crippen molar-refractivity contribution in [1.29, 1.82) is 0 Å². The van der Waals surface area contributed by atoms with Crippen LogP contribution in [0.4, 0.5) is 4.79 Å². The fourth-order valence-electron chi connectivity index (χ4n) is 3.97. The molecule has 0 radical (unpaired) electrons. The lowest BCUT2D eigenvalue weighted by Crippen LogP contribution is -2.43. The zero-order valence-electron chi connectivity index (χ0n) is 21.7. The molecule has 3 rings (SSSR count). The third-order valence-electron chi connectivity index (χ3n) is 5.92. The van der Waals surface area contributed by atoms with Crippen LogP contribution < -0.4 is 24.3 Å². The average Bonchev–Trinajstić information content (AvgIpc) is 3.36. The summed E-state index contributed by atoms with van der Waals surface area (Å²) in [6.07, 6.45) is 1.24. The van der Waals surface area contributed by atoms with Crippen molar-refractivity contribution in [3.63, 3.8) is 0 Å². The minimum atomic E-state index is -0.411. The van der Waals surface area contributed by atoms with Gasteiger partial charge in [-0.1, -0.05) is 13.0 Å². The second-order valence-electron chi connectivity index (χ2n) is 8.27. The number of rotatable bonds is 10. The molecule has 0 fully saturated rings. The third kappa shape index (κ3) is 5.81. The van der Waals surface area contributed by atoms with Gasteiger partial charge in [0.1, 0.15) is 18.0 Å². The Kier molecular flexibility index (Phi) is 8.99. The topological polar surface area (TPSA) is 102 Å². The molecule has 36 heavy (non-hydrogen) atoms. The lowest BCUT2D eigenvalue weighted by atomic mass is 9.97. The summed E-state index contributed by atoms with van der Waals surface area (Å²) in [5.74, 6) is 2.06. The Labute approximate surface area is 211 Å². The molecule has 0 aromatic heterocycles. The largest absolute Gasteiger partial charge is 0.497 e. The number of hydrogen-bond donors (Lipinski definition) is 1. The molecule has 2 aromatic rings. The molecule has 1 N–H and O–H groups in total. The molecule has 2 aromatic carbocycles. The van der Waals surface area contributed by atoms with Gasteiger partial charge in [0.05, 0.1) is 40.2 Å². The van der Waals surface area contributed by atoms with Crippen LogP contribution in [0.15, 0.2) is 41.5 Å². The summed E-state index contributed by atoms with van der Waals surface area (Å²) in [4.78, 5) is 27.1. The Hall–Kier alpha value is -3.95. The lowest BCUT2D eigenvalue weighted by Gasteiger charge is -2.25. The molecule has 0 aliphatic carbocycles. The molecule has 3 amide bonds. The van der Waals surface area contributed by atoms with Gasteiger partial charge >= 0.3 is 6.03 Å². The van der Waals surface area contributed by atoms with Crippen molar-refractivity contribution in [3.8, 4) is 23.0 Å². The van der Waals surface area contributed by atoms with E-state index < -0.39 is 6.04 Å². The maximum Gasteiger partial charge on any atom is 0.317 e. The van der Waals surface area contributed by atoms with Crippen LogP contribution in [0, 0.1) is 0 Å². The normalized spacial score (nSPS) is 14.7. The molecule has 1 aliphatic rings. The van der Waals surface area contributed by atoms with Crippen molar-refractivity contribution in [2.45, 2.75) is 25.8 Å². The number of hydrogen-bond acceptors (Lipinski definition) is 7. The lowest BCUT2D eigenvalue weighted by molar-refractivity contribution is -0.133. The van der Waals surface area contributed by atoms with Crippen LogP contribution in [0.5, 0.6) is 23.0 Å². The smallest absolute Gasteiger partial charge is 0.317 e. The minimum absolute atomic E-state index is 0.129. The number of carbonyl (C=O) groups excluding carboxylic acids is 2. The number of nitrogens with one attached hydrogen (secondary N) is 1. The van der Waals surface area contributed by atoms with Gasteiger partial charge in [0.25, 0.3) is 5.91 Å². The van der Waals surface area contributed by atoms with Crippen molar-refractivity contribution in [3.05, 3.63) is 47.5 Å². The minimum Gasteiger partial charge on any atom is -0.497 e. The summed E-state index contributed by atoms with van der Waals surface area (Å²) in [6, 6.07) is 10.3. The number of nitrogens with zero attached hydrogens (tertiary/aromatic N) is 3. The van der Waals surface area contributed by atoms with E-state index in [1.807, 2.05) is 31.2 Å². The van der Waals surface area contributed by atoms with Gasteiger partial charge in [0, 0.05) is 31.6 Å². The number of carbonyl (C=O) groups is 2. The van der Waals surface area contributed by atoms with E-state index in [-0.39, 0.29) is 18.5 Å². The van der Waals surface area contributed by atoms with Crippen molar-refractivity contribution in [1.82, 2.24) is 15.2 Å². The summed E-state index contributed by atoms with van der Waals surface area (Å²) in [5.41, 5.74) is 2.26. The van der Waals surface area contributed by atoms with Crippen molar-refractivity contribution in [2.24, 2.45) is 5.10 Å². The van der Waals surface area contributed by atoms with Gasteiger partial charge in [-0.25, -0.2) is 9.80 Å². The number of urea groups is 1. The Bertz CT molecular complexity index is 1120. The maximum atomic E-state index is 13.4. The Morgan fingerprint density at radius 2 is 1.72 bits per heavy atom. The van der Waals surface area contributed by atoms with Gasteiger partial charge in [-0.2, -0.15) is 5.10 Å². The first-order valence-electron chi connectivity index (χ1n) is 11.7. The second-order valence-corrected chi connectivity index (χ2v) is 8.27. The number of methoxy groups -OCH3 is 4. The molecule has 0 bridgehead atoms. The zero-order valence-corrected chi connectivity index (χ0v) is 21.7. The van der Waals surface area contributed by atoms with Crippen LogP contribution in [0.3, 0.4) is 0 Å². The van der Waals surface area contributed by atoms with Crippen molar-refractivity contribution in [2.75, 3.05) is 48.6 Å². The fraction of sp³-hybridized carbons (Fsp3) is 0.423. The Morgan fingerprint density at radius 1 is 1.00 bits per heavy atom. The van der Waals surface area contributed by atoms with Crippen LogP contribution in [0.25, 0.3) is 0 Å². The number of amides is 3. The molecule has 194 valence electrons. The molecule has 0 saturated heterocycles. The van der Waals surface area contributed by atoms with Crippen LogP contribution in [-0.2, 0) is 4.79 Å². The number of hydrazone groups is 1. The van der Waals surface area contributed by atoms with E-state index in [9.17, 15) is 9.59 Å². The highest BCUT2D eigenvalue weighted by atomic mass is 16.5. The molecule has 0 spiro atoms. The van der Waals surface area contributed by atoms with E-state index in [0.29, 0.717) is 41.7 Å². The van der Waals surface area contributed by atoms with Crippen LogP contribution in [0.2, 0.25) is 0 Å². The van der Waals surface area contributed by atoms with Crippen molar-refractivity contribution < 1.29 is 28.5 Å². The summed E-state index contributed by atoms with van der Waals surface area (Å²) in [6.45, 7) is 2.37. The molecule has 1 atom stereocenters. The monoisotopic (exact) mass is 498 g/mol. The summed E-state index contributed by atoms with van der Waals surface area (Å²) < 4.78 is 21.7. The molecule has 10 nitrogen and oxygen atoms in total. The Balaban J connectivity index is 1.97. The van der Waals surface area contributed by atoms with Gasteiger partial charge in [-0.15, -0.1) is 0 Å². The molecular formula is C26H34N4O6. The summed E-state index contributed by atoms with van der Waals surface area (Å²) in [7, 11) is 7.88. The Morgan fingerprint density at radius 3 is 2.36 bits per heavy atom. The quantitative estimate of drug-likeness (QED) is 0.538. The number of benzene rings is 2. The predicted molar refractivity (Wildman–Crippen MR) is 136 cm³/mol. The van der Waals surface area contributed by atoms with Gasteiger partial charge in [-0.3, -0.25) is 4.79 Å². The standard InChI is InChI=1S/C26H34N4O6/c1-7-12-27-26(32)29(2)16-25(31)30-21(17-8-11-22(34-4)24(13-17)36-6)15-20(28-30)19-10-9-18(33-3)14-23(19)35-5/h8-11,13-14,21H,7,12,15-16H2,1-6H3,(H,27,32)/t21-/m1/s1. The highest BCUT2D eigenvalue weighted by Crippen LogP contribution is 2.39. The van der Waals surface area contributed by atoms with Crippen LogP contribution in [-0.4, -0.2) is 76.1 Å². The SMILES string of the molecule is CCCNC(=O)N(C)CC(=O)N1N=C(c2ccc(OC)cc2OC)C[C@@H]1c1ccc(OC)c(OC)c1. The van der Waals surface area contributed by atoms with Crippen molar-refractivity contribution >= 4 is 17.6 Å². The van der Waals surface area contributed by atoms with E-state index in [1.54, 1.807) is 47.6 Å². The molecule has 10 heteroatoms. The number of likely N-dealkylation sites (N-methyl/N-ethyl adjacent to an activating group) is 1. The van der Waals surface area contributed by atoms with Gasteiger partial charge in [0.2, 0.25) is 0 Å². The van der Waals surface area contributed by atoms with Gasteiger partial charge < -0.3 is 29.2 Å². The molecular weight excluding hydrogens is 464 g/mol. The van der Waals surface area contributed by atoms with Gasteiger partial charge in [-0.05, 0) is 36.2 Å². The summed E-state index contributed by atoms with van der Waals surface area (Å²) in [5, 5.41) is 8.92. The van der Waals surface area contributed by atoms with E-state index in [1.165, 1.54) is 9.91 Å². The first-order chi connectivity index (χ1) is 17.4. The zero-order chi connectivity index (χ0) is 26.2. The highest BCUT2D eigenvalue weighted by Gasteiger charge is 2.35. The van der Waals surface area contributed by atoms with E-state index in [2.05, 4.69) is 5.32 Å². The maximum absolute atomic E-state index is 13.4. The molecule has 0 unspecified atom stereocenters. The molecule has 0 saturated carbocycles. The molecule has 1 heterocycles. The first-order valence-corrected chi connectivity index (χ1v) is 11.7. The fourth-order valence-corrected chi connectivity index (χ4v) is 3.97. The van der Waals surface area contributed by atoms with E-state index in [4.69, 9.17) is 24.0 Å².